The Kier molecular flexibility index (Phi) is 5.97. The molecule has 1 rings (SSSR count). The molecule has 0 aromatic heterocycles. The Hall–Kier alpha value is -1.10. The fourth-order valence-electron chi connectivity index (χ4n) is 1.87. The van der Waals surface area contributed by atoms with Crippen molar-refractivity contribution in [2.45, 2.75) is 26.7 Å². The first-order valence-electron chi connectivity index (χ1n) is 6.41. The summed E-state index contributed by atoms with van der Waals surface area (Å²) in [5, 5.41) is 5.81. The molecule has 98 valence electrons. The van der Waals surface area contributed by atoms with E-state index in [9.17, 15) is 9.59 Å². The summed E-state index contributed by atoms with van der Waals surface area (Å²) >= 11 is 0. The van der Waals surface area contributed by atoms with Crippen molar-refractivity contribution in [1.82, 2.24) is 15.5 Å². The predicted octanol–water partition coefficient (Wildman–Crippen LogP) is -0.0294. The van der Waals surface area contributed by atoms with Gasteiger partial charge in [0.2, 0.25) is 11.8 Å². The van der Waals surface area contributed by atoms with Gasteiger partial charge in [0.05, 0.1) is 6.54 Å². The van der Waals surface area contributed by atoms with Gasteiger partial charge in [0, 0.05) is 25.6 Å². The van der Waals surface area contributed by atoms with Gasteiger partial charge in [-0.15, -0.1) is 0 Å². The number of carbonyl (C=O) groups is 2. The number of amides is 2. The number of rotatable bonds is 6. The van der Waals surface area contributed by atoms with Crippen LogP contribution < -0.4 is 10.6 Å². The Morgan fingerprint density at radius 3 is 2.53 bits per heavy atom. The first-order valence-corrected chi connectivity index (χ1v) is 6.41. The summed E-state index contributed by atoms with van der Waals surface area (Å²) in [4.78, 5) is 25.1. The Morgan fingerprint density at radius 2 is 1.94 bits per heavy atom. The van der Waals surface area contributed by atoms with Crippen LogP contribution in [0.2, 0.25) is 0 Å². The molecule has 17 heavy (non-hydrogen) atoms. The summed E-state index contributed by atoms with van der Waals surface area (Å²) in [6.07, 6.45) is 2.16. The molecule has 1 aliphatic heterocycles. The Bertz CT molecular complexity index is 262. The second kappa shape index (κ2) is 7.27. The van der Waals surface area contributed by atoms with Gasteiger partial charge in [0.1, 0.15) is 0 Å². The molecule has 5 nitrogen and oxygen atoms in total. The SMILES string of the molecule is CCNCC(C)C(=O)NCC(=O)N1CCCC1. The quantitative estimate of drug-likeness (QED) is 0.686. The maximum Gasteiger partial charge on any atom is 0.241 e. The number of nitrogens with zero attached hydrogens (tertiary/aromatic N) is 1. The number of nitrogens with one attached hydrogen (secondary N) is 2. The summed E-state index contributed by atoms with van der Waals surface area (Å²) in [5.74, 6) is -0.119. The molecule has 0 aromatic carbocycles. The molecule has 0 spiro atoms. The summed E-state index contributed by atoms with van der Waals surface area (Å²) in [7, 11) is 0. The number of hydrogen-bond donors (Lipinski definition) is 2. The van der Waals surface area contributed by atoms with Crippen molar-refractivity contribution in [2.75, 3.05) is 32.7 Å². The third-order valence-electron chi connectivity index (χ3n) is 3.02. The first-order chi connectivity index (χ1) is 8.15. The maximum absolute atomic E-state index is 11.7. The van der Waals surface area contributed by atoms with E-state index in [0.717, 1.165) is 32.5 Å². The first kappa shape index (κ1) is 14.0. The minimum Gasteiger partial charge on any atom is -0.347 e. The van der Waals surface area contributed by atoms with Crippen molar-refractivity contribution in [2.24, 2.45) is 5.92 Å². The second-order valence-electron chi connectivity index (χ2n) is 4.51. The van der Waals surface area contributed by atoms with Crippen molar-refractivity contribution >= 4 is 11.8 Å². The fourth-order valence-corrected chi connectivity index (χ4v) is 1.87. The molecule has 0 aromatic rings. The van der Waals surface area contributed by atoms with E-state index in [4.69, 9.17) is 0 Å². The minimum absolute atomic E-state index is 0.0338. The third-order valence-corrected chi connectivity index (χ3v) is 3.02. The molecule has 1 unspecified atom stereocenters. The van der Waals surface area contributed by atoms with E-state index in [0.29, 0.717) is 6.54 Å². The van der Waals surface area contributed by atoms with E-state index < -0.39 is 0 Å². The number of likely N-dealkylation sites (tertiary alicyclic amines) is 1. The molecule has 0 bridgehead atoms. The highest BCUT2D eigenvalue weighted by Gasteiger charge is 2.19. The standard InChI is InChI=1S/C12H23N3O2/c1-3-13-8-10(2)12(17)14-9-11(16)15-6-4-5-7-15/h10,13H,3-9H2,1-2H3,(H,14,17). The molecule has 2 amide bonds. The Morgan fingerprint density at radius 1 is 1.29 bits per heavy atom. The molecule has 0 radical (unpaired) electrons. The molecule has 1 aliphatic rings. The Labute approximate surface area is 103 Å². The van der Waals surface area contributed by atoms with Gasteiger partial charge >= 0.3 is 0 Å². The molecule has 2 N–H and O–H groups in total. The highest BCUT2D eigenvalue weighted by atomic mass is 16.2. The van der Waals surface area contributed by atoms with Crippen molar-refractivity contribution in [3.8, 4) is 0 Å². The van der Waals surface area contributed by atoms with E-state index in [1.54, 1.807) is 0 Å². The zero-order valence-electron chi connectivity index (χ0n) is 10.8. The lowest BCUT2D eigenvalue weighted by molar-refractivity contribution is -0.132. The number of carbonyl (C=O) groups excluding carboxylic acids is 2. The van der Waals surface area contributed by atoms with Crippen molar-refractivity contribution in [3.05, 3.63) is 0 Å². The van der Waals surface area contributed by atoms with Gasteiger partial charge in [0.15, 0.2) is 0 Å². The Balaban J connectivity index is 2.20. The van der Waals surface area contributed by atoms with Gasteiger partial charge in [-0.25, -0.2) is 0 Å². The highest BCUT2D eigenvalue weighted by molar-refractivity contribution is 5.85. The molecule has 0 aliphatic carbocycles. The van der Waals surface area contributed by atoms with Crippen LogP contribution in [0, 0.1) is 5.92 Å². The molecule has 1 atom stereocenters. The summed E-state index contributed by atoms with van der Waals surface area (Å²) in [5.41, 5.74) is 0. The van der Waals surface area contributed by atoms with Crippen LogP contribution in [0.3, 0.4) is 0 Å². The molecule has 1 saturated heterocycles. The van der Waals surface area contributed by atoms with Crippen LogP contribution in [-0.4, -0.2) is 49.4 Å². The summed E-state index contributed by atoms with van der Waals surface area (Å²) < 4.78 is 0. The van der Waals surface area contributed by atoms with Crippen LogP contribution in [0.1, 0.15) is 26.7 Å². The van der Waals surface area contributed by atoms with E-state index >= 15 is 0 Å². The van der Waals surface area contributed by atoms with Crippen molar-refractivity contribution in [3.63, 3.8) is 0 Å². The van der Waals surface area contributed by atoms with Crippen LogP contribution in [0.5, 0.6) is 0 Å². The van der Waals surface area contributed by atoms with Gasteiger partial charge in [-0.1, -0.05) is 13.8 Å². The average Bonchev–Trinajstić information content (AvgIpc) is 2.86. The van der Waals surface area contributed by atoms with Gasteiger partial charge in [-0.3, -0.25) is 9.59 Å². The monoisotopic (exact) mass is 241 g/mol. The van der Waals surface area contributed by atoms with Crippen LogP contribution in [0.25, 0.3) is 0 Å². The molecule has 1 fully saturated rings. The zero-order valence-corrected chi connectivity index (χ0v) is 10.8. The fraction of sp³-hybridized carbons (Fsp3) is 0.833. The van der Waals surface area contributed by atoms with Crippen LogP contribution in [0.4, 0.5) is 0 Å². The third kappa shape index (κ3) is 4.73. The zero-order chi connectivity index (χ0) is 12.7. The van der Waals surface area contributed by atoms with Gasteiger partial charge in [-0.05, 0) is 19.4 Å². The summed E-state index contributed by atoms with van der Waals surface area (Å²) in [6.45, 7) is 7.17. The van der Waals surface area contributed by atoms with Gasteiger partial charge in [0.25, 0.3) is 0 Å². The molecular formula is C12H23N3O2. The van der Waals surface area contributed by atoms with Crippen molar-refractivity contribution in [1.29, 1.82) is 0 Å². The molecule has 0 saturated carbocycles. The largest absolute Gasteiger partial charge is 0.347 e. The molecule has 1 heterocycles. The lowest BCUT2D eigenvalue weighted by Gasteiger charge is -2.17. The van der Waals surface area contributed by atoms with Crippen LogP contribution in [0.15, 0.2) is 0 Å². The van der Waals surface area contributed by atoms with E-state index in [2.05, 4.69) is 10.6 Å². The van der Waals surface area contributed by atoms with Crippen LogP contribution in [-0.2, 0) is 9.59 Å². The average molecular weight is 241 g/mol. The maximum atomic E-state index is 11.7. The normalized spacial score (nSPS) is 16.9. The topological polar surface area (TPSA) is 61.4 Å². The summed E-state index contributed by atoms with van der Waals surface area (Å²) in [6, 6.07) is 0. The minimum atomic E-state index is -0.0960. The van der Waals surface area contributed by atoms with Crippen LogP contribution >= 0.6 is 0 Å². The highest BCUT2D eigenvalue weighted by Crippen LogP contribution is 2.06. The smallest absolute Gasteiger partial charge is 0.241 e. The number of hydrogen-bond acceptors (Lipinski definition) is 3. The van der Waals surface area contributed by atoms with Gasteiger partial charge in [-0.2, -0.15) is 0 Å². The lowest BCUT2D eigenvalue weighted by Crippen LogP contribution is -2.42. The van der Waals surface area contributed by atoms with Crippen molar-refractivity contribution < 1.29 is 9.59 Å². The molecule has 5 heteroatoms. The van der Waals surface area contributed by atoms with E-state index in [1.165, 1.54) is 0 Å². The van der Waals surface area contributed by atoms with Gasteiger partial charge < -0.3 is 15.5 Å². The lowest BCUT2D eigenvalue weighted by atomic mass is 10.1. The molecular weight excluding hydrogens is 218 g/mol. The predicted molar refractivity (Wildman–Crippen MR) is 66.5 cm³/mol. The second-order valence-corrected chi connectivity index (χ2v) is 4.51. The van der Waals surface area contributed by atoms with E-state index in [-0.39, 0.29) is 24.3 Å². The van der Waals surface area contributed by atoms with E-state index in [1.807, 2.05) is 18.7 Å².